The highest BCUT2D eigenvalue weighted by atomic mass is 16.1. The van der Waals surface area contributed by atoms with E-state index < -0.39 is 0 Å². The lowest BCUT2D eigenvalue weighted by molar-refractivity contribution is -0.122. The molecule has 4 heteroatoms. The number of carbonyl (C=O) groups is 2. The molecule has 0 bridgehead atoms. The molecular weight excluding hydrogens is 228 g/mol. The van der Waals surface area contributed by atoms with Gasteiger partial charge in [0.2, 0.25) is 5.91 Å². The number of hydrogen-bond donors (Lipinski definition) is 1. The van der Waals surface area contributed by atoms with Crippen LogP contribution in [0.3, 0.4) is 0 Å². The van der Waals surface area contributed by atoms with Gasteiger partial charge in [-0.2, -0.15) is 0 Å². The van der Waals surface area contributed by atoms with Crippen molar-refractivity contribution in [3.05, 3.63) is 35.7 Å². The number of carbonyl (C=O) groups excluding carboxylic acids is 2. The molecule has 0 saturated carbocycles. The van der Waals surface area contributed by atoms with Gasteiger partial charge in [0.15, 0.2) is 0 Å². The third-order valence-corrected chi connectivity index (χ3v) is 3.61. The third-order valence-electron chi connectivity index (χ3n) is 3.61. The second-order valence-corrected chi connectivity index (χ2v) is 5.00. The maximum absolute atomic E-state index is 11.8. The first-order chi connectivity index (χ1) is 8.55. The summed E-state index contributed by atoms with van der Waals surface area (Å²) >= 11 is 0. The van der Waals surface area contributed by atoms with Gasteiger partial charge >= 0.3 is 0 Å². The van der Waals surface area contributed by atoms with Gasteiger partial charge in [0, 0.05) is 35.3 Å². The fraction of sp³-hybridized carbons (Fsp3) is 0.429. The summed E-state index contributed by atoms with van der Waals surface area (Å²) in [4.78, 5) is 24.5. The SMILES string of the molecule is C=CC1=C2/C(=C\C)NC(=O)CC2(C)CN1CC=O. The van der Waals surface area contributed by atoms with E-state index in [0.29, 0.717) is 19.5 Å². The highest BCUT2D eigenvalue weighted by Gasteiger charge is 2.46. The van der Waals surface area contributed by atoms with Crippen molar-refractivity contribution in [3.63, 3.8) is 0 Å². The first kappa shape index (κ1) is 12.6. The lowest BCUT2D eigenvalue weighted by atomic mass is 9.76. The molecule has 4 nitrogen and oxygen atoms in total. The van der Waals surface area contributed by atoms with E-state index in [1.54, 1.807) is 6.08 Å². The summed E-state index contributed by atoms with van der Waals surface area (Å²) in [5, 5.41) is 2.89. The second kappa shape index (κ2) is 4.44. The number of nitrogens with one attached hydrogen (secondary N) is 1. The van der Waals surface area contributed by atoms with Gasteiger partial charge in [0.05, 0.1) is 6.54 Å². The molecule has 2 aliphatic rings. The zero-order valence-corrected chi connectivity index (χ0v) is 10.8. The molecule has 1 saturated heterocycles. The Balaban J connectivity index is 2.53. The van der Waals surface area contributed by atoms with Crippen molar-refractivity contribution in [1.82, 2.24) is 10.2 Å². The van der Waals surface area contributed by atoms with Crippen LogP contribution in [0.5, 0.6) is 0 Å². The zero-order valence-electron chi connectivity index (χ0n) is 10.8. The minimum atomic E-state index is -0.225. The number of allylic oxidation sites excluding steroid dienone is 3. The van der Waals surface area contributed by atoms with Gasteiger partial charge in [-0.1, -0.05) is 19.6 Å². The summed E-state index contributed by atoms with van der Waals surface area (Å²) in [5.74, 6) is 0.0331. The molecule has 2 aliphatic heterocycles. The Hall–Kier alpha value is -1.84. The Morgan fingerprint density at radius 2 is 2.28 bits per heavy atom. The first-order valence-electron chi connectivity index (χ1n) is 6.08. The number of nitrogens with zero attached hydrogens (tertiary/aromatic N) is 1. The molecule has 0 aromatic carbocycles. The van der Waals surface area contributed by atoms with E-state index in [2.05, 4.69) is 18.8 Å². The summed E-state index contributed by atoms with van der Waals surface area (Å²) in [6.45, 7) is 8.82. The molecule has 2 heterocycles. The van der Waals surface area contributed by atoms with E-state index in [1.807, 2.05) is 17.9 Å². The molecule has 0 radical (unpaired) electrons. The van der Waals surface area contributed by atoms with Gasteiger partial charge in [-0.05, 0) is 13.0 Å². The van der Waals surface area contributed by atoms with Gasteiger partial charge in [0.1, 0.15) is 6.29 Å². The average Bonchev–Trinajstić information content (AvgIpc) is 2.59. The number of piperidine rings is 1. The average molecular weight is 246 g/mol. The quantitative estimate of drug-likeness (QED) is 0.765. The zero-order chi connectivity index (χ0) is 13.3. The molecule has 0 aliphatic carbocycles. The van der Waals surface area contributed by atoms with Crippen molar-refractivity contribution in [1.29, 1.82) is 0 Å². The Morgan fingerprint density at radius 3 is 2.83 bits per heavy atom. The maximum Gasteiger partial charge on any atom is 0.225 e. The molecule has 1 amide bonds. The fourth-order valence-corrected chi connectivity index (χ4v) is 2.97. The van der Waals surface area contributed by atoms with Gasteiger partial charge in [-0.25, -0.2) is 0 Å². The van der Waals surface area contributed by atoms with Gasteiger partial charge in [0.25, 0.3) is 0 Å². The number of fused-ring (bicyclic) bond motifs is 1. The Kier molecular flexibility index (Phi) is 3.11. The van der Waals surface area contributed by atoms with Crippen LogP contribution in [0.2, 0.25) is 0 Å². The lowest BCUT2D eigenvalue weighted by Gasteiger charge is -2.33. The highest BCUT2D eigenvalue weighted by molar-refractivity contribution is 5.83. The summed E-state index contributed by atoms with van der Waals surface area (Å²) in [5.41, 5.74) is 2.67. The van der Waals surface area contributed by atoms with E-state index in [-0.39, 0.29) is 11.3 Å². The predicted molar refractivity (Wildman–Crippen MR) is 69.5 cm³/mol. The summed E-state index contributed by atoms with van der Waals surface area (Å²) in [6.07, 6.45) is 5.01. The summed E-state index contributed by atoms with van der Waals surface area (Å²) < 4.78 is 0. The van der Waals surface area contributed by atoms with Crippen LogP contribution in [0.4, 0.5) is 0 Å². The van der Waals surface area contributed by atoms with Crippen molar-refractivity contribution in [2.24, 2.45) is 5.41 Å². The molecule has 1 atom stereocenters. The van der Waals surface area contributed by atoms with Crippen LogP contribution in [0.25, 0.3) is 0 Å². The topological polar surface area (TPSA) is 49.4 Å². The second-order valence-electron chi connectivity index (χ2n) is 5.00. The molecular formula is C14H18N2O2. The van der Waals surface area contributed by atoms with Crippen LogP contribution in [0, 0.1) is 5.41 Å². The van der Waals surface area contributed by atoms with Crippen LogP contribution < -0.4 is 5.32 Å². The van der Waals surface area contributed by atoms with E-state index >= 15 is 0 Å². The first-order valence-corrected chi connectivity index (χ1v) is 6.08. The number of aldehydes is 1. The Morgan fingerprint density at radius 1 is 1.56 bits per heavy atom. The van der Waals surface area contributed by atoms with Crippen LogP contribution in [-0.2, 0) is 9.59 Å². The molecule has 0 aromatic rings. The van der Waals surface area contributed by atoms with E-state index in [4.69, 9.17) is 0 Å². The van der Waals surface area contributed by atoms with Crippen LogP contribution >= 0.6 is 0 Å². The highest BCUT2D eigenvalue weighted by Crippen LogP contribution is 2.46. The van der Waals surface area contributed by atoms with Crippen LogP contribution in [-0.4, -0.2) is 30.2 Å². The maximum atomic E-state index is 11.8. The van der Waals surface area contributed by atoms with Crippen molar-refractivity contribution >= 4 is 12.2 Å². The van der Waals surface area contributed by atoms with Crippen LogP contribution in [0.15, 0.2) is 35.7 Å². The summed E-state index contributed by atoms with van der Waals surface area (Å²) in [7, 11) is 0. The van der Waals surface area contributed by atoms with Gasteiger partial charge in [-0.15, -0.1) is 0 Å². The lowest BCUT2D eigenvalue weighted by Crippen LogP contribution is -2.41. The Labute approximate surface area is 107 Å². The fourth-order valence-electron chi connectivity index (χ4n) is 2.97. The molecule has 96 valence electrons. The summed E-state index contributed by atoms with van der Waals surface area (Å²) in [6, 6.07) is 0. The number of amides is 1. The molecule has 0 aromatic heterocycles. The van der Waals surface area contributed by atoms with Crippen molar-refractivity contribution in [2.75, 3.05) is 13.1 Å². The normalized spacial score (nSPS) is 29.3. The van der Waals surface area contributed by atoms with Crippen molar-refractivity contribution < 1.29 is 9.59 Å². The largest absolute Gasteiger partial charge is 0.363 e. The van der Waals surface area contributed by atoms with Gasteiger partial charge in [-0.3, -0.25) is 4.79 Å². The van der Waals surface area contributed by atoms with Crippen LogP contribution in [0.1, 0.15) is 20.3 Å². The number of rotatable bonds is 3. The smallest absolute Gasteiger partial charge is 0.225 e. The molecule has 18 heavy (non-hydrogen) atoms. The third kappa shape index (κ3) is 1.78. The minimum Gasteiger partial charge on any atom is -0.363 e. The molecule has 1 N–H and O–H groups in total. The molecule has 2 rings (SSSR count). The Bertz CT molecular complexity index is 476. The van der Waals surface area contributed by atoms with E-state index in [0.717, 1.165) is 23.3 Å². The van der Waals surface area contributed by atoms with Gasteiger partial charge < -0.3 is 15.0 Å². The minimum absolute atomic E-state index is 0.0331. The van der Waals surface area contributed by atoms with Crippen molar-refractivity contribution in [2.45, 2.75) is 20.3 Å². The number of hydrogen-bond acceptors (Lipinski definition) is 3. The molecule has 1 unspecified atom stereocenters. The molecule has 1 fully saturated rings. The van der Waals surface area contributed by atoms with E-state index in [9.17, 15) is 9.59 Å². The monoisotopic (exact) mass is 246 g/mol. The van der Waals surface area contributed by atoms with E-state index in [1.165, 1.54) is 0 Å². The predicted octanol–water partition coefficient (Wildman–Crippen LogP) is 1.37. The standard InChI is InChI=1S/C14H18N2O2/c1-4-10-13-11(5-2)16(6-7-17)9-14(13,3)8-12(18)15-10/h4-5,7H,2,6,8-9H2,1,3H3,(H,15,18)/b10-4+. The molecule has 0 spiro atoms. The van der Waals surface area contributed by atoms with Crippen molar-refractivity contribution in [3.8, 4) is 0 Å².